The molecular formula is C18H23NO2S2. The number of rotatable bonds is 4. The fraction of sp³-hybridized carbons (Fsp3) is 0.444. The number of thiocarbonyl (C=S) groups is 1. The second-order valence-corrected chi connectivity index (χ2v) is 8.42. The van der Waals surface area contributed by atoms with E-state index in [2.05, 4.69) is 20.8 Å². The fourth-order valence-electron chi connectivity index (χ4n) is 2.47. The van der Waals surface area contributed by atoms with Crippen molar-refractivity contribution in [3.05, 3.63) is 42.0 Å². The average molecular weight is 350 g/mol. The molecule has 0 aliphatic carbocycles. The minimum Gasteiger partial charge on any atom is -0.388 e. The fourth-order valence-corrected chi connectivity index (χ4v) is 4.22. The third-order valence-corrected chi connectivity index (χ3v) is 5.31. The van der Waals surface area contributed by atoms with E-state index in [1.165, 1.54) is 0 Å². The summed E-state index contributed by atoms with van der Waals surface area (Å²) in [5, 5.41) is 10.1. The zero-order valence-corrected chi connectivity index (χ0v) is 15.4. The Balaban J connectivity index is 2.00. The summed E-state index contributed by atoms with van der Waals surface area (Å²) in [5.41, 5.74) is 0.965. The van der Waals surface area contributed by atoms with Crippen LogP contribution in [0.1, 0.15) is 32.8 Å². The molecular weight excluding hydrogens is 326 g/mol. The molecule has 1 N–H and O–H groups in total. The van der Waals surface area contributed by atoms with E-state index in [0.717, 1.165) is 11.3 Å². The van der Waals surface area contributed by atoms with Crippen molar-refractivity contribution in [2.45, 2.75) is 39.3 Å². The Kier molecular flexibility index (Phi) is 6.00. The molecule has 1 heterocycles. The first-order chi connectivity index (χ1) is 10.8. The highest BCUT2D eigenvalue weighted by molar-refractivity contribution is 8.23. The van der Waals surface area contributed by atoms with Gasteiger partial charge in [0.05, 0.1) is 18.6 Å². The van der Waals surface area contributed by atoms with Gasteiger partial charge in [-0.15, -0.1) is 0 Å². The summed E-state index contributed by atoms with van der Waals surface area (Å²) in [6, 6.07) is 9.80. The van der Waals surface area contributed by atoms with Crippen LogP contribution in [0.4, 0.5) is 0 Å². The van der Waals surface area contributed by atoms with E-state index in [4.69, 9.17) is 12.2 Å². The van der Waals surface area contributed by atoms with Crippen molar-refractivity contribution in [3.8, 4) is 0 Å². The zero-order chi connectivity index (χ0) is 17.0. The van der Waals surface area contributed by atoms with Crippen LogP contribution in [0.15, 0.2) is 36.4 Å². The number of aliphatic hydroxyl groups excluding tert-OH is 1. The Morgan fingerprint density at radius 1 is 1.43 bits per heavy atom. The molecule has 3 nitrogen and oxygen atoms in total. The maximum Gasteiger partial charge on any atom is 0.231 e. The molecule has 0 spiro atoms. The standard InChI is InChI=1S/C18H23NO2S2/c1-18(2,3)15-12-23-17(22)19(15)16(21)11-14(20)10-9-13-7-5-4-6-8-13/h4-10,14-15,20H,11-12H2,1-3H3/b10-9+/t14-,15-/m1/s1. The molecule has 1 fully saturated rings. The molecule has 5 heteroatoms. The number of hydrogen-bond acceptors (Lipinski definition) is 4. The molecule has 0 unspecified atom stereocenters. The Morgan fingerprint density at radius 3 is 2.70 bits per heavy atom. The molecule has 0 radical (unpaired) electrons. The van der Waals surface area contributed by atoms with Gasteiger partial charge in [0.15, 0.2) is 0 Å². The number of benzene rings is 1. The van der Waals surface area contributed by atoms with Gasteiger partial charge in [0.25, 0.3) is 0 Å². The van der Waals surface area contributed by atoms with Gasteiger partial charge in [-0.3, -0.25) is 9.69 Å². The number of hydrogen-bond donors (Lipinski definition) is 1. The van der Waals surface area contributed by atoms with Crippen LogP contribution >= 0.6 is 24.0 Å². The van der Waals surface area contributed by atoms with Gasteiger partial charge in [-0.1, -0.05) is 87.2 Å². The Bertz CT molecular complexity index is 593. The van der Waals surface area contributed by atoms with E-state index in [-0.39, 0.29) is 23.8 Å². The number of carbonyl (C=O) groups excluding carboxylic acids is 1. The van der Waals surface area contributed by atoms with Crippen molar-refractivity contribution < 1.29 is 9.90 Å². The van der Waals surface area contributed by atoms with Crippen LogP contribution < -0.4 is 0 Å². The molecule has 1 amide bonds. The Labute approximate surface area is 147 Å². The molecule has 1 aromatic carbocycles. The topological polar surface area (TPSA) is 40.5 Å². The molecule has 124 valence electrons. The van der Waals surface area contributed by atoms with E-state index in [1.807, 2.05) is 36.4 Å². The van der Waals surface area contributed by atoms with Crippen molar-refractivity contribution in [1.29, 1.82) is 0 Å². The summed E-state index contributed by atoms with van der Waals surface area (Å²) in [5.74, 6) is 0.717. The van der Waals surface area contributed by atoms with E-state index >= 15 is 0 Å². The minimum absolute atomic E-state index is 0.0337. The van der Waals surface area contributed by atoms with Crippen LogP contribution in [0.5, 0.6) is 0 Å². The van der Waals surface area contributed by atoms with Gasteiger partial charge in [-0.2, -0.15) is 0 Å². The summed E-state index contributed by atoms with van der Waals surface area (Å²) in [4.78, 5) is 14.3. The maximum atomic E-state index is 12.6. The maximum absolute atomic E-state index is 12.6. The molecule has 0 aromatic heterocycles. The molecule has 2 atom stereocenters. The van der Waals surface area contributed by atoms with E-state index in [0.29, 0.717) is 4.32 Å². The van der Waals surface area contributed by atoms with Gasteiger partial charge in [0.1, 0.15) is 4.32 Å². The van der Waals surface area contributed by atoms with Crippen LogP contribution in [0.25, 0.3) is 6.08 Å². The summed E-state index contributed by atoms with van der Waals surface area (Å²) in [6.45, 7) is 6.33. The van der Waals surface area contributed by atoms with Gasteiger partial charge >= 0.3 is 0 Å². The summed E-state index contributed by atoms with van der Waals surface area (Å²) in [6.07, 6.45) is 2.73. The van der Waals surface area contributed by atoms with Crippen LogP contribution in [-0.2, 0) is 4.79 Å². The smallest absolute Gasteiger partial charge is 0.231 e. The average Bonchev–Trinajstić information content (AvgIpc) is 2.88. The second kappa shape index (κ2) is 7.60. The van der Waals surface area contributed by atoms with Crippen LogP contribution in [0.2, 0.25) is 0 Å². The number of amides is 1. The lowest BCUT2D eigenvalue weighted by molar-refractivity contribution is -0.131. The minimum atomic E-state index is -0.809. The first-order valence-electron chi connectivity index (χ1n) is 7.69. The second-order valence-electron chi connectivity index (χ2n) is 6.76. The largest absolute Gasteiger partial charge is 0.388 e. The third kappa shape index (κ3) is 4.90. The number of nitrogens with zero attached hydrogens (tertiary/aromatic N) is 1. The van der Waals surface area contributed by atoms with Gasteiger partial charge in [0.2, 0.25) is 5.91 Å². The lowest BCUT2D eigenvalue weighted by Crippen LogP contribution is -2.46. The van der Waals surface area contributed by atoms with Crippen molar-refractivity contribution in [1.82, 2.24) is 4.90 Å². The van der Waals surface area contributed by atoms with Crippen LogP contribution in [0, 0.1) is 5.41 Å². The summed E-state index contributed by atoms with van der Waals surface area (Å²) in [7, 11) is 0. The SMILES string of the molecule is CC(C)(C)[C@H]1CSC(=S)N1C(=O)C[C@H](O)/C=C/c1ccccc1. The number of aliphatic hydroxyl groups is 1. The van der Waals surface area contributed by atoms with E-state index < -0.39 is 6.10 Å². The van der Waals surface area contributed by atoms with Crippen molar-refractivity contribution in [2.24, 2.45) is 5.41 Å². The first-order valence-corrected chi connectivity index (χ1v) is 9.08. The van der Waals surface area contributed by atoms with Gasteiger partial charge in [-0.25, -0.2) is 0 Å². The highest BCUT2D eigenvalue weighted by Gasteiger charge is 2.40. The first kappa shape index (κ1) is 18.2. The van der Waals surface area contributed by atoms with Crippen LogP contribution in [0.3, 0.4) is 0 Å². The molecule has 0 saturated carbocycles. The lowest BCUT2D eigenvalue weighted by atomic mass is 9.87. The molecule has 1 aliphatic rings. The van der Waals surface area contributed by atoms with Gasteiger partial charge in [-0.05, 0) is 11.0 Å². The molecule has 2 rings (SSSR count). The van der Waals surface area contributed by atoms with Crippen molar-refractivity contribution in [3.63, 3.8) is 0 Å². The third-order valence-electron chi connectivity index (χ3n) is 3.84. The molecule has 0 bridgehead atoms. The highest BCUT2D eigenvalue weighted by Crippen LogP contribution is 2.36. The lowest BCUT2D eigenvalue weighted by Gasteiger charge is -2.34. The van der Waals surface area contributed by atoms with E-state index in [1.54, 1.807) is 22.7 Å². The quantitative estimate of drug-likeness (QED) is 0.841. The monoisotopic (exact) mass is 349 g/mol. The zero-order valence-electron chi connectivity index (χ0n) is 13.7. The molecule has 1 aliphatic heterocycles. The normalized spacial score (nSPS) is 20.3. The number of carbonyl (C=O) groups is 1. The van der Waals surface area contributed by atoms with E-state index in [9.17, 15) is 9.90 Å². The van der Waals surface area contributed by atoms with Crippen molar-refractivity contribution >= 4 is 40.3 Å². The molecule has 1 saturated heterocycles. The van der Waals surface area contributed by atoms with Crippen LogP contribution in [-0.4, -0.2) is 38.1 Å². The molecule has 1 aromatic rings. The predicted molar refractivity (Wildman–Crippen MR) is 101 cm³/mol. The Morgan fingerprint density at radius 2 is 2.09 bits per heavy atom. The Hall–Kier alpha value is -1.17. The summed E-state index contributed by atoms with van der Waals surface area (Å²) >= 11 is 6.87. The van der Waals surface area contributed by atoms with Gasteiger partial charge in [0, 0.05) is 5.75 Å². The highest BCUT2D eigenvalue weighted by atomic mass is 32.2. The molecule has 23 heavy (non-hydrogen) atoms. The predicted octanol–water partition coefficient (Wildman–Crippen LogP) is 3.73. The van der Waals surface area contributed by atoms with Crippen molar-refractivity contribution in [2.75, 3.05) is 5.75 Å². The summed E-state index contributed by atoms with van der Waals surface area (Å²) < 4.78 is 0.620. The van der Waals surface area contributed by atoms with Gasteiger partial charge < -0.3 is 5.11 Å². The number of thioether (sulfide) groups is 1.